The summed E-state index contributed by atoms with van der Waals surface area (Å²) in [6.45, 7) is 5.87. The molecule has 0 bridgehead atoms. The molecule has 1 aromatic rings. The molecule has 0 radical (unpaired) electrons. The van der Waals surface area contributed by atoms with Gasteiger partial charge in [0.25, 0.3) is 0 Å². The van der Waals surface area contributed by atoms with Gasteiger partial charge >= 0.3 is 0 Å². The van der Waals surface area contributed by atoms with Crippen LogP contribution in [0.25, 0.3) is 0 Å². The van der Waals surface area contributed by atoms with Crippen LogP contribution >= 0.6 is 34.2 Å². The predicted molar refractivity (Wildman–Crippen MR) is 76.6 cm³/mol. The molecule has 0 saturated carbocycles. The molecule has 94 valence electrons. The third-order valence-electron chi connectivity index (χ3n) is 2.99. The number of halogens is 2. The third kappa shape index (κ3) is 3.09. The van der Waals surface area contributed by atoms with Gasteiger partial charge in [0, 0.05) is 19.1 Å². The van der Waals surface area contributed by atoms with Crippen LogP contribution in [0.15, 0.2) is 0 Å². The van der Waals surface area contributed by atoms with Crippen LogP contribution in [0.4, 0.5) is 0 Å². The van der Waals surface area contributed by atoms with Crippen LogP contribution in [0.3, 0.4) is 0 Å². The monoisotopic (exact) mass is 366 g/mol. The quantitative estimate of drug-likeness (QED) is 0.590. The van der Waals surface area contributed by atoms with Crippen LogP contribution in [0.5, 0.6) is 0 Å². The van der Waals surface area contributed by atoms with Gasteiger partial charge in [0.05, 0.1) is 9.26 Å². The highest BCUT2D eigenvalue weighted by Gasteiger charge is 2.22. The Morgan fingerprint density at radius 3 is 2.53 bits per heavy atom. The van der Waals surface area contributed by atoms with E-state index in [1.807, 2.05) is 0 Å². The zero-order valence-electron chi connectivity index (χ0n) is 10.0. The molecular formula is C12H16ClIN2O. The lowest BCUT2D eigenvalue weighted by molar-refractivity contribution is 0.0835. The van der Waals surface area contributed by atoms with E-state index in [4.69, 9.17) is 21.3 Å². The fourth-order valence-corrected chi connectivity index (χ4v) is 3.02. The molecule has 2 heterocycles. The topological polar surface area (TPSA) is 35.0 Å². The van der Waals surface area contributed by atoms with Crippen molar-refractivity contribution in [2.24, 2.45) is 0 Å². The van der Waals surface area contributed by atoms with Gasteiger partial charge in [-0.3, -0.25) is 0 Å². The summed E-state index contributed by atoms with van der Waals surface area (Å²) < 4.78 is 6.34. The largest absolute Gasteiger partial charge is 0.381 e. The standard InChI is InChI=1S/C12H16ClIN2O/c1-7(2)10-9(14)11(13)16-12(15-10)8-3-5-17-6-4-8/h7-8H,3-6H2,1-2H3. The van der Waals surface area contributed by atoms with Crippen molar-refractivity contribution < 1.29 is 4.74 Å². The Hall–Kier alpha value is 0.0600. The molecule has 0 atom stereocenters. The smallest absolute Gasteiger partial charge is 0.146 e. The van der Waals surface area contributed by atoms with Crippen LogP contribution in [0.1, 0.15) is 50.0 Å². The second-order valence-electron chi connectivity index (χ2n) is 4.61. The fourth-order valence-electron chi connectivity index (χ4n) is 1.97. The summed E-state index contributed by atoms with van der Waals surface area (Å²) in [5.74, 6) is 1.67. The van der Waals surface area contributed by atoms with Gasteiger partial charge in [-0.05, 0) is 41.4 Å². The van der Waals surface area contributed by atoms with E-state index in [1.165, 1.54) is 0 Å². The van der Waals surface area contributed by atoms with E-state index < -0.39 is 0 Å². The Morgan fingerprint density at radius 1 is 1.29 bits per heavy atom. The summed E-state index contributed by atoms with van der Waals surface area (Å²) in [7, 11) is 0. The van der Waals surface area contributed by atoms with Crippen molar-refractivity contribution >= 4 is 34.2 Å². The van der Waals surface area contributed by atoms with Gasteiger partial charge in [0.2, 0.25) is 0 Å². The molecule has 1 aliphatic heterocycles. The molecule has 5 heteroatoms. The Labute approximate surface area is 120 Å². The van der Waals surface area contributed by atoms with Gasteiger partial charge in [-0.2, -0.15) is 0 Å². The van der Waals surface area contributed by atoms with Crippen LogP contribution in [-0.4, -0.2) is 23.2 Å². The first-order valence-corrected chi connectivity index (χ1v) is 7.36. The lowest BCUT2D eigenvalue weighted by Gasteiger charge is -2.22. The molecule has 0 unspecified atom stereocenters. The molecule has 1 fully saturated rings. The molecule has 0 aliphatic carbocycles. The number of ether oxygens (including phenoxy) is 1. The van der Waals surface area contributed by atoms with Crippen LogP contribution < -0.4 is 0 Å². The highest BCUT2D eigenvalue weighted by Crippen LogP contribution is 2.30. The summed E-state index contributed by atoms with van der Waals surface area (Å²) in [6.07, 6.45) is 1.99. The summed E-state index contributed by atoms with van der Waals surface area (Å²) in [4.78, 5) is 9.13. The number of nitrogens with zero attached hydrogens (tertiary/aromatic N) is 2. The Balaban J connectivity index is 2.34. The lowest BCUT2D eigenvalue weighted by Crippen LogP contribution is -2.18. The van der Waals surface area contributed by atoms with Gasteiger partial charge in [-0.25, -0.2) is 9.97 Å². The zero-order chi connectivity index (χ0) is 12.4. The molecule has 0 aromatic carbocycles. The summed E-state index contributed by atoms with van der Waals surface area (Å²) in [5.41, 5.74) is 1.06. The average molecular weight is 367 g/mol. The predicted octanol–water partition coefficient (Wildman–Crippen LogP) is 3.75. The molecule has 0 N–H and O–H groups in total. The molecule has 17 heavy (non-hydrogen) atoms. The maximum atomic E-state index is 6.19. The minimum Gasteiger partial charge on any atom is -0.381 e. The second-order valence-corrected chi connectivity index (χ2v) is 6.05. The number of hydrogen-bond donors (Lipinski definition) is 0. The van der Waals surface area contributed by atoms with Crippen LogP contribution in [-0.2, 0) is 4.74 Å². The van der Waals surface area contributed by atoms with Gasteiger partial charge in [0.15, 0.2) is 0 Å². The van der Waals surface area contributed by atoms with E-state index in [-0.39, 0.29) is 0 Å². The van der Waals surface area contributed by atoms with Gasteiger partial charge in [-0.15, -0.1) is 0 Å². The van der Waals surface area contributed by atoms with Crippen molar-refractivity contribution in [3.05, 3.63) is 20.2 Å². The minimum absolute atomic E-state index is 0.376. The molecule has 2 rings (SSSR count). The van der Waals surface area contributed by atoms with Crippen molar-refractivity contribution in [2.75, 3.05) is 13.2 Å². The van der Waals surface area contributed by atoms with E-state index in [2.05, 4.69) is 41.4 Å². The fraction of sp³-hybridized carbons (Fsp3) is 0.667. The average Bonchev–Trinajstić information content (AvgIpc) is 2.33. The second kappa shape index (κ2) is 5.80. The van der Waals surface area contributed by atoms with Crippen molar-refractivity contribution in [2.45, 2.75) is 38.5 Å². The van der Waals surface area contributed by atoms with E-state index in [0.29, 0.717) is 17.0 Å². The number of rotatable bonds is 2. The highest BCUT2D eigenvalue weighted by molar-refractivity contribution is 14.1. The molecule has 3 nitrogen and oxygen atoms in total. The Kier molecular flexibility index (Phi) is 4.60. The summed E-state index contributed by atoms with van der Waals surface area (Å²) in [6, 6.07) is 0. The third-order valence-corrected chi connectivity index (χ3v) is 4.64. The van der Waals surface area contributed by atoms with E-state index in [9.17, 15) is 0 Å². The first-order chi connectivity index (χ1) is 8.09. The van der Waals surface area contributed by atoms with Crippen molar-refractivity contribution in [1.29, 1.82) is 0 Å². The van der Waals surface area contributed by atoms with E-state index in [1.54, 1.807) is 0 Å². The van der Waals surface area contributed by atoms with Crippen molar-refractivity contribution in [3.8, 4) is 0 Å². The summed E-state index contributed by atoms with van der Waals surface area (Å²) >= 11 is 8.42. The van der Waals surface area contributed by atoms with Gasteiger partial charge < -0.3 is 4.74 Å². The van der Waals surface area contributed by atoms with Crippen LogP contribution in [0.2, 0.25) is 5.15 Å². The molecule has 1 aromatic heterocycles. The SMILES string of the molecule is CC(C)c1nc(C2CCOCC2)nc(Cl)c1I. The van der Waals surface area contributed by atoms with E-state index >= 15 is 0 Å². The van der Waals surface area contributed by atoms with Crippen LogP contribution in [0, 0.1) is 3.57 Å². The molecular weight excluding hydrogens is 351 g/mol. The maximum Gasteiger partial charge on any atom is 0.146 e. The molecule has 0 amide bonds. The molecule has 1 aliphatic rings. The molecule has 0 spiro atoms. The van der Waals surface area contributed by atoms with Crippen molar-refractivity contribution in [1.82, 2.24) is 9.97 Å². The Bertz CT molecular complexity index is 406. The maximum absolute atomic E-state index is 6.19. The normalized spacial score (nSPS) is 17.7. The minimum atomic E-state index is 0.376. The van der Waals surface area contributed by atoms with Crippen molar-refractivity contribution in [3.63, 3.8) is 0 Å². The zero-order valence-corrected chi connectivity index (χ0v) is 13.0. The number of hydrogen-bond acceptors (Lipinski definition) is 3. The lowest BCUT2D eigenvalue weighted by atomic mass is 9.99. The van der Waals surface area contributed by atoms with Gasteiger partial charge in [-0.1, -0.05) is 25.4 Å². The number of aromatic nitrogens is 2. The van der Waals surface area contributed by atoms with Gasteiger partial charge in [0.1, 0.15) is 11.0 Å². The molecule has 1 saturated heterocycles. The first kappa shape index (κ1) is 13.5. The first-order valence-electron chi connectivity index (χ1n) is 5.90. The Morgan fingerprint density at radius 2 is 1.94 bits per heavy atom. The van der Waals surface area contributed by atoms with E-state index in [0.717, 1.165) is 41.1 Å². The summed E-state index contributed by atoms with van der Waals surface area (Å²) in [5, 5.41) is 0.589. The highest BCUT2D eigenvalue weighted by atomic mass is 127.